The molecule has 0 aromatic heterocycles. The zero-order chi connectivity index (χ0) is 12.1. The van der Waals surface area contributed by atoms with E-state index in [1.165, 1.54) is 19.1 Å². The summed E-state index contributed by atoms with van der Waals surface area (Å²) in [6, 6.07) is 7.70. The van der Waals surface area contributed by atoms with Crippen LogP contribution in [0.4, 0.5) is 14.5 Å². The van der Waals surface area contributed by atoms with Crippen LogP contribution in [-0.4, -0.2) is 18.2 Å². The number of anilines is 1. The van der Waals surface area contributed by atoms with Crippen LogP contribution in [0.1, 0.15) is 13.3 Å². The minimum Gasteiger partial charge on any atom is -0.274 e. The van der Waals surface area contributed by atoms with Crippen LogP contribution in [0.5, 0.6) is 0 Å². The molecule has 0 heterocycles. The lowest BCUT2D eigenvalue weighted by atomic mass is 10.2. The zero-order valence-corrected chi connectivity index (χ0v) is 8.69. The van der Waals surface area contributed by atoms with Crippen LogP contribution in [0, 0.1) is 0 Å². The summed E-state index contributed by atoms with van der Waals surface area (Å²) in [6.07, 6.45) is -3.19. The number of rotatable bonds is 3. The molecule has 16 heavy (non-hydrogen) atoms. The van der Waals surface area contributed by atoms with Gasteiger partial charge in [0.05, 0.1) is 5.69 Å². The molecule has 0 bridgehead atoms. The van der Waals surface area contributed by atoms with Gasteiger partial charge in [0.25, 0.3) is 0 Å². The fourth-order valence-corrected chi connectivity index (χ4v) is 1.23. The standard InChI is InChI=1S/C11H11F2NO2/c1-2-9(15)14(11(16)10(12)13)8-6-4-3-5-7-8/h3-7,10H,2H2,1H3. The summed E-state index contributed by atoms with van der Waals surface area (Å²) < 4.78 is 24.6. The predicted octanol–water partition coefficient (Wildman–Crippen LogP) is 2.22. The molecule has 2 amide bonds. The molecule has 0 aliphatic rings. The second kappa shape index (κ2) is 5.34. The molecule has 0 N–H and O–H groups in total. The van der Waals surface area contributed by atoms with Gasteiger partial charge in [-0.3, -0.25) is 9.59 Å². The SMILES string of the molecule is CCC(=O)N(C(=O)C(F)F)c1ccccc1. The third-order valence-electron chi connectivity index (χ3n) is 1.97. The summed E-state index contributed by atoms with van der Waals surface area (Å²) in [4.78, 5) is 23.1. The van der Waals surface area contributed by atoms with Crippen molar-refractivity contribution in [1.82, 2.24) is 0 Å². The molecule has 0 aliphatic carbocycles. The quantitative estimate of drug-likeness (QED) is 0.794. The summed E-state index contributed by atoms with van der Waals surface area (Å²) in [5.41, 5.74) is 0.166. The number of carbonyl (C=O) groups is 2. The lowest BCUT2D eigenvalue weighted by Crippen LogP contribution is -2.40. The molecule has 0 atom stereocenters. The Hall–Kier alpha value is -1.78. The van der Waals surface area contributed by atoms with E-state index in [1.54, 1.807) is 18.2 Å². The van der Waals surface area contributed by atoms with Crippen LogP contribution < -0.4 is 4.90 Å². The molecule has 0 saturated carbocycles. The first-order valence-corrected chi connectivity index (χ1v) is 4.78. The van der Waals surface area contributed by atoms with Crippen molar-refractivity contribution >= 4 is 17.5 Å². The average molecular weight is 227 g/mol. The molecule has 1 rings (SSSR count). The predicted molar refractivity (Wildman–Crippen MR) is 55.2 cm³/mol. The third kappa shape index (κ3) is 2.62. The van der Waals surface area contributed by atoms with Crippen molar-refractivity contribution < 1.29 is 18.4 Å². The number of benzene rings is 1. The Morgan fingerprint density at radius 1 is 1.25 bits per heavy atom. The Kier molecular flexibility index (Phi) is 4.10. The van der Waals surface area contributed by atoms with Crippen molar-refractivity contribution in [1.29, 1.82) is 0 Å². The van der Waals surface area contributed by atoms with Gasteiger partial charge in [0, 0.05) is 6.42 Å². The fourth-order valence-electron chi connectivity index (χ4n) is 1.23. The Bertz CT molecular complexity index is 379. The molecule has 0 fully saturated rings. The van der Waals surface area contributed by atoms with E-state index in [9.17, 15) is 18.4 Å². The minimum absolute atomic E-state index is 0.00659. The van der Waals surface area contributed by atoms with Crippen molar-refractivity contribution in [3.05, 3.63) is 30.3 Å². The Morgan fingerprint density at radius 2 is 1.81 bits per heavy atom. The minimum atomic E-state index is -3.18. The van der Waals surface area contributed by atoms with Crippen LogP contribution in [-0.2, 0) is 9.59 Å². The Morgan fingerprint density at radius 3 is 2.25 bits per heavy atom. The van der Waals surface area contributed by atoms with Crippen LogP contribution in [0.25, 0.3) is 0 Å². The number of hydrogen-bond donors (Lipinski definition) is 0. The first-order chi connectivity index (χ1) is 7.57. The second-order valence-corrected chi connectivity index (χ2v) is 3.06. The lowest BCUT2D eigenvalue weighted by Gasteiger charge is -2.19. The summed E-state index contributed by atoms with van der Waals surface area (Å²) in [7, 11) is 0. The molecule has 5 heteroatoms. The maximum Gasteiger partial charge on any atom is 0.316 e. The molecule has 86 valence electrons. The lowest BCUT2D eigenvalue weighted by molar-refractivity contribution is -0.133. The summed E-state index contributed by atoms with van der Waals surface area (Å²) in [5, 5.41) is 0. The zero-order valence-electron chi connectivity index (χ0n) is 8.69. The Labute approximate surface area is 91.7 Å². The highest BCUT2D eigenvalue weighted by Crippen LogP contribution is 2.17. The number of hydrogen-bond acceptors (Lipinski definition) is 2. The van der Waals surface area contributed by atoms with Crippen molar-refractivity contribution in [2.75, 3.05) is 4.90 Å². The number of alkyl halides is 2. The van der Waals surface area contributed by atoms with Gasteiger partial charge in [-0.15, -0.1) is 0 Å². The van der Waals surface area contributed by atoms with E-state index in [0.717, 1.165) is 0 Å². The van der Waals surface area contributed by atoms with E-state index in [2.05, 4.69) is 0 Å². The van der Waals surface area contributed by atoms with Gasteiger partial charge in [0.2, 0.25) is 5.91 Å². The number of amides is 2. The summed E-state index contributed by atoms with van der Waals surface area (Å²) in [5.74, 6) is -2.13. The molecule has 0 radical (unpaired) electrons. The first-order valence-electron chi connectivity index (χ1n) is 4.78. The molecular formula is C11H11F2NO2. The molecule has 0 aliphatic heterocycles. The normalized spacial score (nSPS) is 10.2. The van der Waals surface area contributed by atoms with E-state index in [-0.39, 0.29) is 12.1 Å². The van der Waals surface area contributed by atoms with Gasteiger partial charge >= 0.3 is 12.3 Å². The van der Waals surface area contributed by atoms with Crippen molar-refractivity contribution in [2.45, 2.75) is 19.8 Å². The van der Waals surface area contributed by atoms with Crippen molar-refractivity contribution in [3.63, 3.8) is 0 Å². The van der Waals surface area contributed by atoms with Crippen LogP contribution >= 0.6 is 0 Å². The van der Waals surface area contributed by atoms with E-state index < -0.39 is 18.2 Å². The van der Waals surface area contributed by atoms with Gasteiger partial charge in [-0.1, -0.05) is 25.1 Å². The van der Waals surface area contributed by atoms with Gasteiger partial charge in [-0.2, -0.15) is 8.78 Å². The number of nitrogens with zero attached hydrogens (tertiary/aromatic N) is 1. The highest BCUT2D eigenvalue weighted by Gasteiger charge is 2.28. The third-order valence-corrected chi connectivity index (χ3v) is 1.97. The van der Waals surface area contributed by atoms with Gasteiger partial charge in [0.15, 0.2) is 0 Å². The second-order valence-electron chi connectivity index (χ2n) is 3.06. The molecular weight excluding hydrogens is 216 g/mol. The van der Waals surface area contributed by atoms with Crippen molar-refractivity contribution in [2.24, 2.45) is 0 Å². The monoisotopic (exact) mass is 227 g/mol. The maximum atomic E-state index is 12.3. The first kappa shape index (κ1) is 12.3. The van der Waals surface area contributed by atoms with Gasteiger partial charge in [-0.25, -0.2) is 4.90 Å². The molecule has 1 aromatic rings. The average Bonchev–Trinajstić information content (AvgIpc) is 2.30. The number of halogens is 2. The summed E-state index contributed by atoms with van der Waals surface area (Å²) >= 11 is 0. The number of imide groups is 1. The van der Waals surface area contributed by atoms with Crippen LogP contribution in [0.15, 0.2) is 30.3 Å². The topological polar surface area (TPSA) is 37.4 Å². The van der Waals surface area contributed by atoms with Crippen LogP contribution in [0.2, 0.25) is 0 Å². The molecule has 3 nitrogen and oxygen atoms in total. The molecule has 0 spiro atoms. The molecule has 1 aromatic carbocycles. The van der Waals surface area contributed by atoms with E-state index >= 15 is 0 Å². The fraction of sp³-hybridized carbons (Fsp3) is 0.273. The summed E-state index contributed by atoms with van der Waals surface area (Å²) in [6.45, 7) is 1.51. The Balaban J connectivity index is 3.07. The van der Waals surface area contributed by atoms with E-state index in [4.69, 9.17) is 0 Å². The molecule has 0 saturated heterocycles. The smallest absolute Gasteiger partial charge is 0.274 e. The van der Waals surface area contributed by atoms with Crippen molar-refractivity contribution in [3.8, 4) is 0 Å². The van der Waals surface area contributed by atoms with E-state index in [0.29, 0.717) is 4.90 Å². The van der Waals surface area contributed by atoms with Gasteiger partial charge < -0.3 is 0 Å². The largest absolute Gasteiger partial charge is 0.316 e. The van der Waals surface area contributed by atoms with Crippen LogP contribution in [0.3, 0.4) is 0 Å². The number of para-hydroxylation sites is 1. The highest BCUT2D eigenvalue weighted by molar-refractivity contribution is 6.15. The van der Waals surface area contributed by atoms with Gasteiger partial charge in [-0.05, 0) is 12.1 Å². The highest BCUT2D eigenvalue weighted by atomic mass is 19.3. The molecule has 0 unspecified atom stereocenters. The number of carbonyl (C=O) groups excluding carboxylic acids is 2. The maximum absolute atomic E-state index is 12.3. The van der Waals surface area contributed by atoms with E-state index in [1.807, 2.05) is 0 Å². The van der Waals surface area contributed by atoms with Gasteiger partial charge in [0.1, 0.15) is 0 Å².